The summed E-state index contributed by atoms with van der Waals surface area (Å²) < 4.78 is 8.91. The zero-order valence-electron chi connectivity index (χ0n) is 19.3. The molecule has 0 radical (unpaired) electrons. The van der Waals surface area contributed by atoms with Crippen LogP contribution in [0.5, 0.6) is 0 Å². The van der Waals surface area contributed by atoms with E-state index in [1.807, 2.05) is 35.0 Å². The fraction of sp³-hybridized carbons (Fsp3) is 0.348. The number of carbonyl (C=O) groups is 1. The van der Waals surface area contributed by atoms with E-state index in [4.69, 9.17) is 4.74 Å². The van der Waals surface area contributed by atoms with E-state index in [1.165, 1.54) is 0 Å². The molecule has 3 aromatic heterocycles. The van der Waals surface area contributed by atoms with E-state index in [9.17, 15) is 4.79 Å². The number of amides is 1. The average Bonchev–Trinajstić information content (AvgIpc) is 3.50. The molecule has 1 amide bonds. The van der Waals surface area contributed by atoms with Gasteiger partial charge >= 0.3 is 0 Å². The van der Waals surface area contributed by atoms with Gasteiger partial charge in [-0.2, -0.15) is 5.10 Å². The third-order valence-corrected chi connectivity index (χ3v) is 5.83. The Labute approximate surface area is 202 Å². The first-order valence-corrected chi connectivity index (χ1v) is 12.1. The van der Waals surface area contributed by atoms with Crippen molar-refractivity contribution < 1.29 is 9.53 Å². The van der Waals surface area contributed by atoms with Crippen LogP contribution in [-0.4, -0.2) is 67.8 Å². The minimum Gasteiger partial charge on any atom is -0.383 e. The summed E-state index contributed by atoms with van der Waals surface area (Å²) in [6, 6.07) is 7.59. The van der Waals surface area contributed by atoms with E-state index in [2.05, 4.69) is 37.6 Å². The van der Waals surface area contributed by atoms with Crippen molar-refractivity contribution >= 4 is 34.5 Å². The summed E-state index contributed by atoms with van der Waals surface area (Å²) in [5, 5.41) is 12.3. The third-order valence-electron chi connectivity index (χ3n) is 5.10. The Bertz CT molecular complexity index is 1210. The fourth-order valence-electron chi connectivity index (χ4n) is 3.43. The number of fused-ring (bicyclic) bond motifs is 1. The van der Waals surface area contributed by atoms with Crippen LogP contribution in [0.15, 0.2) is 54.3 Å². The van der Waals surface area contributed by atoms with Gasteiger partial charge in [-0.15, -0.1) is 0 Å². The lowest BCUT2D eigenvalue weighted by molar-refractivity contribution is 0.0952. The molecule has 0 aliphatic rings. The molecule has 4 rings (SSSR count). The van der Waals surface area contributed by atoms with Crippen LogP contribution in [-0.2, 0) is 17.8 Å². The second kappa shape index (κ2) is 11.6. The third kappa shape index (κ3) is 5.91. The number of imidazole rings is 1. The molecule has 0 atom stereocenters. The van der Waals surface area contributed by atoms with Crippen molar-refractivity contribution in [2.24, 2.45) is 0 Å². The van der Waals surface area contributed by atoms with Crippen molar-refractivity contribution in [2.75, 3.05) is 37.9 Å². The number of nitrogens with one attached hydrogen (secondary N) is 2. The Hall–Kier alpha value is -3.44. The molecule has 34 heavy (non-hydrogen) atoms. The summed E-state index contributed by atoms with van der Waals surface area (Å²) in [7, 11) is 1.66. The number of hydrogen-bond acceptors (Lipinski definition) is 8. The van der Waals surface area contributed by atoms with Gasteiger partial charge in [-0.25, -0.2) is 19.6 Å². The predicted molar refractivity (Wildman–Crippen MR) is 132 cm³/mol. The molecule has 0 saturated heterocycles. The molecule has 178 valence electrons. The van der Waals surface area contributed by atoms with E-state index < -0.39 is 0 Å². The average molecular weight is 481 g/mol. The smallest absolute Gasteiger partial charge is 0.251 e. The van der Waals surface area contributed by atoms with Gasteiger partial charge < -0.3 is 19.9 Å². The molecule has 0 fully saturated rings. The van der Waals surface area contributed by atoms with E-state index in [0.717, 1.165) is 34.7 Å². The summed E-state index contributed by atoms with van der Waals surface area (Å²) in [6.45, 7) is 4.93. The standard InChI is InChI=1S/C23H28N8O2S/c1-3-34-23-28-20(25-10-13-33-2)19-14-27-31(21(19)29-23)12-9-26-22(32)18-6-4-17(5-7-18)15-30-11-8-24-16-30/h4-8,11,14,16H,3,9-10,12-13,15H2,1-2H3,(H,26,32)(H,25,28,29). The number of nitrogens with zero attached hydrogens (tertiary/aromatic N) is 6. The number of rotatable bonds is 12. The molecule has 0 unspecified atom stereocenters. The number of ether oxygens (including phenoxy) is 1. The zero-order valence-corrected chi connectivity index (χ0v) is 20.1. The molecule has 4 aromatic rings. The highest BCUT2D eigenvalue weighted by Gasteiger charge is 2.13. The lowest BCUT2D eigenvalue weighted by Gasteiger charge is -2.10. The number of aromatic nitrogens is 6. The van der Waals surface area contributed by atoms with Gasteiger partial charge in [0, 0.05) is 44.7 Å². The molecule has 2 N–H and O–H groups in total. The monoisotopic (exact) mass is 480 g/mol. The molecule has 11 heteroatoms. The Morgan fingerprint density at radius 3 is 2.76 bits per heavy atom. The number of carbonyl (C=O) groups excluding carboxylic acids is 1. The lowest BCUT2D eigenvalue weighted by Crippen LogP contribution is -2.27. The van der Waals surface area contributed by atoms with Gasteiger partial charge in [0.05, 0.1) is 31.1 Å². The van der Waals surface area contributed by atoms with Gasteiger partial charge in [-0.1, -0.05) is 30.8 Å². The summed E-state index contributed by atoms with van der Waals surface area (Å²) in [4.78, 5) is 25.9. The summed E-state index contributed by atoms with van der Waals surface area (Å²) in [6.07, 6.45) is 7.19. The molecule has 10 nitrogen and oxygen atoms in total. The van der Waals surface area contributed by atoms with E-state index in [1.54, 1.807) is 42.3 Å². The molecular weight excluding hydrogens is 452 g/mol. The molecule has 0 aliphatic carbocycles. The minimum atomic E-state index is -0.121. The van der Waals surface area contributed by atoms with Crippen LogP contribution in [0.25, 0.3) is 11.0 Å². The topological polar surface area (TPSA) is 112 Å². The van der Waals surface area contributed by atoms with Crippen LogP contribution in [0.3, 0.4) is 0 Å². The Morgan fingerprint density at radius 2 is 2.03 bits per heavy atom. The molecule has 0 bridgehead atoms. The van der Waals surface area contributed by atoms with Gasteiger partial charge in [-0.3, -0.25) is 4.79 Å². The van der Waals surface area contributed by atoms with Crippen LogP contribution in [0.2, 0.25) is 0 Å². The van der Waals surface area contributed by atoms with Gasteiger partial charge in [0.25, 0.3) is 5.91 Å². The summed E-state index contributed by atoms with van der Waals surface area (Å²) >= 11 is 1.57. The van der Waals surface area contributed by atoms with Crippen molar-refractivity contribution in [1.82, 2.24) is 34.6 Å². The highest BCUT2D eigenvalue weighted by molar-refractivity contribution is 7.99. The summed E-state index contributed by atoms with van der Waals surface area (Å²) in [5.41, 5.74) is 2.46. The van der Waals surface area contributed by atoms with Gasteiger partial charge in [0.2, 0.25) is 0 Å². The van der Waals surface area contributed by atoms with Crippen LogP contribution in [0.4, 0.5) is 5.82 Å². The first kappa shape index (κ1) is 23.7. The lowest BCUT2D eigenvalue weighted by atomic mass is 10.1. The number of methoxy groups -OCH3 is 1. The molecule has 0 aliphatic heterocycles. The van der Waals surface area contributed by atoms with E-state index in [0.29, 0.717) is 37.0 Å². The van der Waals surface area contributed by atoms with Crippen molar-refractivity contribution in [1.29, 1.82) is 0 Å². The highest BCUT2D eigenvalue weighted by Crippen LogP contribution is 2.24. The van der Waals surface area contributed by atoms with Crippen molar-refractivity contribution in [3.63, 3.8) is 0 Å². The molecular formula is C23H28N8O2S. The van der Waals surface area contributed by atoms with Crippen LogP contribution >= 0.6 is 11.8 Å². The quantitative estimate of drug-likeness (QED) is 0.181. The normalized spacial score (nSPS) is 11.1. The number of thioether (sulfide) groups is 1. The fourth-order valence-corrected chi connectivity index (χ4v) is 3.99. The van der Waals surface area contributed by atoms with Crippen LogP contribution in [0, 0.1) is 0 Å². The SMILES string of the molecule is CCSc1nc(NCCOC)c2cnn(CCNC(=O)c3ccc(Cn4ccnc4)cc3)c2n1. The Balaban J connectivity index is 1.38. The van der Waals surface area contributed by atoms with Crippen molar-refractivity contribution in [2.45, 2.75) is 25.2 Å². The predicted octanol–water partition coefficient (Wildman–Crippen LogP) is 2.67. The molecule has 1 aromatic carbocycles. The van der Waals surface area contributed by atoms with Crippen LogP contribution < -0.4 is 10.6 Å². The molecule has 0 saturated carbocycles. The van der Waals surface area contributed by atoms with Gasteiger partial charge in [0.15, 0.2) is 10.8 Å². The first-order valence-electron chi connectivity index (χ1n) is 11.1. The Kier molecular flexibility index (Phi) is 8.10. The second-order valence-corrected chi connectivity index (χ2v) is 8.73. The molecule has 0 spiro atoms. The van der Waals surface area contributed by atoms with Gasteiger partial charge in [-0.05, 0) is 23.4 Å². The van der Waals surface area contributed by atoms with Gasteiger partial charge in [0.1, 0.15) is 5.82 Å². The minimum absolute atomic E-state index is 0.121. The summed E-state index contributed by atoms with van der Waals surface area (Å²) in [5.74, 6) is 1.49. The maximum absolute atomic E-state index is 12.6. The molecule has 3 heterocycles. The number of anilines is 1. The van der Waals surface area contributed by atoms with Crippen LogP contribution in [0.1, 0.15) is 22.8 Å². The van der Waals surface area contributed by atoms with E-state index >= 15 is 0 Å². The second-order valence-electron chi connectivity index (χ2n) is 7.50. The maximum atomic E-state index is 12.6. The number of hydrogen-bond donors (Lipinski definition) is 2. The van der Waals surface area contributed by atoms with Crippen molar-refractivity contribution in [3.8, 4) is 0 Å². The first-order chi connectivity index (χ1) is 16.7. The zero-order chi connectivity index (χ0) is 23.8. The maximum Gasteiger partial charge on any atom is 0.251 e. The number of benzene rings is 1. The van der Waals surface area contributed by atoms with E-state index in [-0.39, 0.29) is 5.91 Å². The highest BCUT2D eigenvalue weighted by atomic mass is 32.2. The largest absolute Gasteiger partial charge is 0.383 e. The van der Waals surface area contributed by atoms with Crippen molar-refractivity contribution in [3.05, 3.63) is 60.3 Å². The Morgan fingerprint density at radius 1 is 1.18 bits per heavy atom.